The van der Waals surface area contributed by atoms with Gasteiger partial charge in [-0.25, -0.2) is 0 Å². The highest BCUT2D eigenvalue weighted by Gasteiger charge is 2.14. The van der Waals surface area contributed by atoms with Crippen molar-refractivity contribution in [3.05, 3.63) is 60.0 Å². The van der Waals surface area contributed by atoms with Crippen LogP contribution in [0, 0.1) is 0 Å². The predicted molar refractivity (Wildman–Crippen MR) is 85.1 cm³/mol. The quantitative estimate of drug-likeness (QED) is 0.755. The Morgan fingerprint density at radius 1 is 1.18 bits per heavy atom. The molecule has 0 saturated carbocycles. The molecule has 1 N–H and O–H groups in total. The van der Waals surface area contributed by atoms with Crippen LogP contribution in [-0.2, 0) is 7.05 Å². The predicted octanol–water partition coefficient (Wildman–Crippen LogP) is 3.03. The lowest BCUT2D eigenvalue weighted by Crippen LogP contribution is -2.15. The zero-order chi connectivity index (χ0) is 15.7. The molecule has 0 aliphatic heterocycles. The van der Waals surface area contributed by atoms with Crippen LogP contribution in [0.1, 0.15) is 27.8 Å². The van der Waals surface area contributed by atoms with Gasteiger partial charge < -0.3 is 9.88 Å². The summed E-state index contributed by atoms with van der Waals surface area (Å²) in [6.45, 7) is 1.48. The molecule has 0 bridgehead atoms. The number of hydrogen-bond acceptors (Lipinski definition) is 3. The molecule has 1 amide bonds. The number of nitrogens with zero attached hydrogens (tertiary/aromatic N) is 2. The normalized spacial score (nSPS) is 10.6. The third-order valence-corrected chi connectivity index (χ3v) is 3.54. The molecule has 0 radical (unpaired) electrons. The number of hydrogen-bond donors (Lipinski definition) is 1. The van der Waals surface area contributed by atoms with Crippen molar-refractivity contribution >= 4 is 28.3 Å². The average molecular weight is 293 g/mol. The van der Waals surface area contributed by atoms with E-state index in [1.54, 1.807) is 30.1 Å². The zero-order valence-corrected chi connectivity index (χ0v) is 12.3. The van der Waals surface area contributed by atoms with Gasteiger partial charge in [0.1, 0.15) is 5.69 Å². The second-order valence-corrected chi connectivity index (χ2v) is 5.11. The fraction of sp³-hybridized carbons (Fsp3) is 0.118. The average Bonchev–Trinajstić information content (AvgIpc) is 2.90. The number of benzene rings is 1. The first kappa shape index (κ1) is 14.0. The van der Waals surface area contributed by atoms with E-state index in [-0.39, 0.29) is 11.7 Å². The molecule has 0 unspecified atom stereocenters. The molecule has 3 aromatic rings. The van der Waals surface area contributed by atoms with Crippen LogP contribution in [0.5, 0.6) is 0 Å². The smallest absolute Gasteiger partial charge is 0.272 e. The van der Waals surface area contributed by atoms with E-state index < -0.39 is 0 Å². The van der Waals surface area contributed by atoms with Crippen molar-refractivity contribution in [1.29, 1.82) is 0 Å². The number of aromatic nitrogens is 2. The molecule has 5 nitrogen and oxygen atoms in total. The fourth-order valence-electron chi connectivity index (χ4n) is 2.38. The molecular formula is C17H15N3O2. The van der Waals surface area contributed by atoms with E-state index in [4.69, 9.17) is 0 Å². The molecule has 0 saturated heterocycles. The number of anilines is 1. The number of amides is 1. The standard InChI is InChI=1S/C17H15N3O2/c1-11(21)12-9-16(20(2)10-12)17(22)19-15-7-3-6-14-13(15)5-4-8-18-14/h3-10H,1-2H3,(H,19,22). The second-order valence-electron chi connectivity index (χ2n) is 5.11. The van der Waals surface area contributed by atoms with Crippen LogP contribution in [-0.4, -0.2) is 21.2 Å². The highest BCUT2D eigenvalue weighted by molar-refractivity contribution is 6.09. The number of fused-ring (bicyclic) bond motifs is 1. The van der Waals surface area contributed by atoms with E-state index in [1.165, 1.54) is 6.92 Å². The van der Waals surface area contributed by atoms with E-state index in [0.717, 1.165) is 10.9 Å². The first-order valence-corrected chi connectivity index (χ1v) is 6.88. The summed E-state index contributed by atoms with van der Waals surface area (Å²) in [5, 5.41) is 3.76. The highest BCUT2D eigenvalue weighted by Crippen LogP contribution is 2.22. The Labute approximate surface area is 127 Å². The van der Waals surface area contributed by atoms with Gasteiger partial charge in [0, 0.05) is 30.4 Å². The van der Waals surface area contributed by atoms with Crippen LogP contribution in [0.15, 0.2) is 48.8 Å². The van der Waals surface area contributed by atoms with Crippen LogP contribution in [0.4, 0.5) is 5.69 Å². The van der Waals surface area contributed by atoms with Gasteiger partial charge in [-0.1, -0.05) is 6.07 Å². The summed E-state index contributed by atoms with van der Waals surface area (Å²) in [4.78, 5) is 28.1. The van der Waals surface area contributed by atoms with Gasteiger partial charge in [-0.15, -0.1) is 0 Å². The number of nitrogens with one attached hydrogen (secondary N) is 1. The Kier molecular flexibility index (Phi) is 3.47. The molecule has 110 valence electrons. The largest absolute Gasteiger partial charge is 0.346 e. The molecule has 22 heavy (non-hydrogen) atoms. The Bertz CT molecular complexity index is 875. The minimum atomic E-state index is -0.258. The van der Waals surface area contributed by atoms with Crippen molar-refractivity contribution in [2.75, 3.05) is 5.32 Å². The third-order valence-electron chi connectivity index (χ3n) is 3.54. The minimum Gasteiger partial charge on any atom is -0.346 e. The summed E-state index contributed by atoms with van der Waals surface area (Å²) < 4.78 is 1.65. The van der Waals surface area contributed by atoms with Crippen LogP contribution in [0.25, 0.3) is 10.9 Å². The van der Waals surface area contributed by atoms with Gasteiger partial charge in [-0.3, -0.25) is 14.6 Å². The van der Waals surface area contributed by atoms with Gasteiger partial charge >= 0.3 is 0 Å². The monoisotopic (exact) mass is 293 g/mol. The second kappa shape index (κ2) is 5.44. The molecule has 2 heterocycles. The summed E-state index contributed by atoms with van der Waals surface area (Å²) in [5.41, 5.74) is 2.47. The Morgan fingerprint density at radius 2 is 2.00 bits per heavy atom. The summed E-state index contributed by atoms with van der Waals surface area (Å²) in [7, 11) is 1.74. The Balaban J connectivity index is 1.95. The van der Waals surface area contributed by atoms with Crippen LogP contribution >= 0.6 is 0 Å². The van der Waals surface area contributed by atoms with Crippen molar-refractivity contribution in [3.8, 4) is 0 Å². The third kappa shape index (κ3) is 2.48. The molecule has 5 heteroatoms. The van der Waals surface area contributed by atoms with Crippen molar-refractivity contribution in [3.63, 3.8) is 0 Å². The van der Waals surface area contributed by atoms with Crippen LogP contribution in [0.2, 0.25) is 0 Å². The molecule has 0 aliphatic rings. The number of ketones is 1. The Morgan fingerprint density at radius 3 is 2.73 bits per heavy atom. The molecule has 0 aliphatic carbocycles. The maximum absolute atomic E-state index is 12.5. The van der Waals surface area contributed by atoms with E-state index in [0.29, 0.717) is 16.9 Å². The molecule has 0 fully saturated rings. The lowest BCUT2D eigenvalue weighted by Gasteiger charge is -2.08. The maximum atomic E-state index is 12.5. The zero-order valence-electron chi connectivity index (χ0n) is 12.3. The van der Waals surface area contributed by atoms with Crippen molar-refractivity contribution < 1.29 is 9.59 Å². The Hall–Kier alpha value is -2.95. The van der Waals surface area contributed by atoms with E-state index in [9.17, 15) is 9.59 Å². The van der Waals surface area contributed by atoms with Gasteiger partial charge in [0.05, 0.1) is 11.2 Å². The highest BCUT2D eigenvalue weighted by atomic mass is 16.2. The van der Waals surface area contributed by atoms with E-state index in [1.807, 2.05) is 30.3 Å². The van der Waals surface area contributed by atoms with Crippen molar-refractivity contribution in [1.82, 2.24) is 9.55 Å². The van der Waals surface area contributed by atoms with Gasteiger partial charge in [0.15, 0.2) is 5.78 Å². The van der Waals surface area contributed by atoms with Gasteiger partial charge in [0.2, 0.25) is 0 Å². The first-order chi connectivity index (χ1) is 10.6. The number of aryl methyl sites for hydroxylation is 1. The molecule has 0 spiro atoms. The molecule has 1 aromatic carbocycles. The number of carbonyl (C=O) groups excluding carboxylic acids is 2. The van der Waals surface area contributed by atoms with E-state index >= 15 is 0 Å². The number of Topliss-reactive ketones (excluding diaryl/α,β-unsaturated/α-hetero) is 1. The summed E-state index contributed by atoms with van der Waals surface area (Å²) in [6.07, 6.45) is 3.37. The number of rotatable bonds is 3. The van der Waals surface area contributed by atoms with Gasteiger partial charge in [-0.2, -0.15) is 0 Å². The fourth-order valence-corrected chi connectivity index (χ4v) is 2.38. The van der Waals surface area contributed by atoms with Crippen LogP contribution in [0.3, 0.4) is 0 Å². The summed E-state index contributed by atoms with van der Waals surface area (Å²) in [5.74, 6) is -0.324. The molecule has 2 aromatic heterocycles. The minimum absolute atomic E-state index is 0.0657. The number of pyridine rings is 1. The first-order valence-electron chi connectivity index (χ1n) is 6.88. The van der Waals surface area contributed by atoms with Gasteiger partial charge in [0.25, 0.3) is 5.91 Å². The number of carbonyl (C=O) groups is 2. The summed E-state index contributed by atoms with van der Waals surface area (Å²) >= 11 is 0. The molecule has 3 rings (SSSR count). The molecule has 0 atom stereocenters. The topological polar surface area (TPSA) is 64.0 Å². The SMILES string of the molecule is CC(=O)c1cc(C(=O)Nc2cccc3ncccc23)n(C)c1. The molecular weight excluding hydrogens is 278 g/mol. The van der Waals surface area contributed by atoms with Gasteiger partial charge in [-0.05, 0) is 37.3 Å². The van der Waals surface area contributed by atoms with Crippen molar-refractivity contribution in [2.45, 2.75) is 6.92 Å². The maximum Gasteiger partial charge on any atom is 0.272 e. The van der Waals surface area contributed by atoms with E-state index in [2.05, 4.69) is 10.3 Å². The van der Waals surface area contributed by atoms with Crippen LogP contribution < -0.4 is 5.32 Å². The lowest BCUT2D eigenvalue weighted by atomic mass is 10.1. The van der Waals surface area contributed by atoms with Crippen molar-refractivity contribution in [2.24, 2.45) is 7.05 Å². The lowest BCUT2D eigenvalue weighted by molar-refractivity contribution is 0.101. The summed E-state index contributed by atoms with van der Waals surface area (Å²) in [6, 6.07) is 10.9.